The predicted molar refractivity (Wildman–Crippen MR) is 115 cm³/mol. The van der Waals surface area contributed by atoms with Crippen LogP contribution >= 0.6 is 23.1 Å². The molecule has 4 N–H and O–H groups in total. The van der Waals surface area contributed by atoms with Crippen LogP contribution in [0.4, 0.5) is 5.13 Å². The fourth-order valence-electron chi connectivity index (χ4n) is 3.09. The number of aromatic nitrogens is 1. The minimum Gasteiger partial charge on any atom is -0.477 e. The van der Waals surface area contributed by atoms with Gasteiger partial charge in [-0.15, -0.1) is 23.1 Å². The maximum Gasteiger partial charge on any atom is 0.352 e. The number of nitrogens with zero attached hydrogens (tertiary/aromatic N) is 3. The number of thiazole rings is 1. The summed E-state index contributed by atoms with van der Waals surface area (Å²) in [7, 11) is 0. The number of carbonyl (C=O) groups excluding carboxylic acids is 2. The molecule has 4 rings (SSSR count). The van der Waals surface area contributed by atoms with Gasteiger partial charge in [-0.3, -0.25) is 14.5 Å². The van der Waals surface area contributed by atoms with E-state index in [1.807, 2.05) is 30.3 Å². The second kappa shape index (κ2) is 8.78. The highest BCUT2D eigenvalue weighted by molar-refractivity contribution is 8.00. The summed E-state index contributed by atoms with van der Waals surface area (Å²) in [6, 6.07) is 8.41. The number of rotatable bonds is 7. The van der Waals surface area contributed by atoms with E-state index in [1.165, 1.54) is 22.7 Å². The number of nitrogen functional groups attached to an aromatic ring is 1. The maximum atomic E-state index is 12.9. The predicted octanol–water partition coefficient (Wildman–Crippen LogP) is 1.01. The first kappa shape index (κ1) is 20.9. The summed E-state index contributed by atoms with van der Waals surface area (Å²) in [5, 5.41) is 17.1. The van der Waals surface area contributed by atoms with Gasteiger partial charge in [0.1, 0.15) is 29.4 Å². The number of anilines is 1. The largest absolute Gasteiger partial charge is 0.477 e. The fraction of sp³-hybridized carbons (Fsp3) is 0.211. The quantitative estimate of drug-likeness (QED) is 0.316. The Bertz CT molecular complexity index is 1080. The van der Waals surface area contributed by atoms with Gasteiger partial charge >= 0.3 is 5.97 Å². The summed E-state index contributed by atoms with van der Waals surface area (Å²) < 4.78 is 0. The van der Waals surface area contributed by atoms with Crippen molar-refractivity contribution in [3.63, 3.8) is 0 Å². The number of fused-ring (bicyclic) bond motifs is 1. The Hall–Kier alpha value is -3.38. The lowest BCUT2D eigenvalue weighted by Gasteiger charge is -2.48. The van der Waals surface area contributed by atoms with Crippen molar-refractivity contribution in [3.05, 3.63) is 58.7 Å². The van der Waals surface area contributed by atoms with Gasteiger partial charge in [0.2, 0.25) is 0 Å². The average Bonchev–Trinajstić information content (AvgIpc) is 3.20. The molecule has 2 aliphatic rings. The highest BCUT2D eigenvalue weighted by Crippen LogP contribution is 2.37. The molecule has 1 saturated heterocycles. The molecule has 12 heteroatoms. The highest BCUT2D eigenvalue weighted by atomic mass is 32.2. The van der Waals surface area contributed by atoms with Gasteiger partial charge in [-0.25, -0.2) is 9.78 Å². The van der Waals surface area contributed by atoms with Crippen molar-refractivity contribution in [1.29, 1.82) is 0 Å². The monoisotopic (exact) mass is 459 g/mol. The van der Waals surface area contributed by atoms with E-state index >= 15 is 0 Å². The number of nitrogens with one attached hydrogen (secondary N) is 1. The number of carbonyl (C=O) groups is 3. The fourth-order valence-corrected chi connectivity index (χ4v) is 4.84. The second-order valence-electron chi connectivity index (χ2n) is 6.55. The first-order valence-corrected chi connectivity index (χ1v) is 11.0. The molecule has 2 aliphatic heterocycles. The van der Waals surface area contributed by atoms with Gasteiger partial charge in [0.15, 0.2) is 10.8 Å². The molecule has 0 spiro atoms. The van der Waals surface area contributed by atoms with E-state index in [-0.39, 0.29) is 28.8 Å². The molecule has 10 nitrogen and oxygen atoms in total. The van der Waals surface area contributed by atoms with Crippen molar-refractivity contribution in [2.45, 2.75) is 18.0 Å². The van der Waals surface area contributed by atoms with Crippen molar-refractivity contribution in [1.82, 2.24) is 15.2 Å². The van der Waals surface area contributed by atoms with Gasteiger partial charge in [-0.1, -0.05) is 35.5 Å². The number of hydrogen-bond donors (Lipinski definition) is 3. The van der Waals surface area contributed by atoms with E-state index in [9.17, 15) is 19.5 Å². The molecule has 1 fully saturated rings. The van der Waals surface area contributed by atoms with Gasteiger partial charge in [0.25, 0.3) is 11.8 Å². The van der Waals surface area contributed by atoms with Crippen LogP contribution in [0.5, 0.6) is 0 Å². The Kier molecular flexibility index (Phi) is 5.91. The standard InChI is InChI=1S/C19H17N5O5S2/c20-19-21-11(9-31-19)13(23-29-8-10-4-2-1-3-5-10)15(25)22-14-16(26)24-12(18(27)28)6-7-30-17(14)24/h1-6,9,14,17H,7-8H2,(H2,20,21)(H,22,25)(H,27,28)/b23-13-/t14?,17-/m1/s1. The number of carboxylic acid groups (broad SMARTS) is 1. The number of thioether (sulfide) groups is 1. The number of hydrogen-bond acceptors (Lipinski definition) is 9. The summed E-state index contributed by atoms with van der Waals surface area (Å²) in [4.78, 5) is 47.4. The number of nitrogens with two attached hydrogens (primary N) is 1. The van der Waals surface area contributed by atoms with Crippen molar-refractivity contribution in [3.8, 4) is 0 Å². The van der Waals surface area contributed by atoms with Crippen LogP contribution in [0.15, 0.2) is 52.6 Å². The van der Waals surface area contributed by atoms with Crippen LogP contribution in [-0.2, 0) is 25.8 Å². The van der Waals surface area contributed by atoms with Gasteiger partial charge in [-0.05, 0) is 11.6 Å². The van der Waals surface area contributed by atoms with Crippen molar-refractivity contribution >= 4 is 51.7 Å². The molecule has 0 aliphatic carbocycles. The van der Waals surface area contributed by atoms with Crippen LogP contribution in [0.25, 0.3) is 0 Å². The summed E-state index contributed by atoms with van der Waals surface area (Å²) in [6.45, 7) is 0.138. The number of aliphatic carboxylic acids is 1. The molecule has 1 unspecified atom stereocenters. The lowest BCUT2D eigenvalue weighted by atomic mass is 10.0. The highest BCUT2D eigenvalue weighted by Gasteiger charge is 2.53. The van der Waals surface area contributed by atoms with Crippen LogP contribution in [0.2, 0.25) is 0 Å². The lowest BCUT2D eigenvalue weighted by molar-refractivity contribution is -0.150. The first-order valence-electron chi connectivity index (χ1n) is 9.10. The van der Waals surface area contributed by atoms with Gasteiger partial charge in [0.05, 0.1) is 0 Å². The summed E-state index contributed by atoms with van der Waals surface area (Å²) in [5.41, 5.74) is 6.57. The van der Waals surface area contributed by atoms with E-state index in [0.29, 0.717) is 5.75 Å². The van der Waals surface area contributed by atoms with Gasteiger partial charge < -0.3 is 21.0 Å². The number of carboxylic acids is 1. The Labute approximate surface area is 184 Å². The van der Waals surface area contributed by atoms with E-state index in [0.717, 1.165) is 16.9 Å². The summed E-state index contributed by atoms with van der Waals surface area (Å²) in [5.74, 6) is -1.92. The SMILES string of the molecule is Nc1nc(/C(=N/OCc2ccccc2)C(=O)NC2C(=O)N3C(C(=O)O)=CCS[C@H]23)cs1. The zero-order chi connectivity index (χ0) is 22.0. The third-order valence-electron chi connectivity index (χ3n) is 4.56. The Morgan fingerprint density at radius 1 is 1.35 bits per heavy atom. The Morgan fingerprint density at radius 2 is 2.13 bits per heavy atom. The molecular formula is C19H17N5O5S2. The van der Waals surface area contributed by atoms with E-state index in [2.05, 4.69) is 15.5 Å². The zero-order valence-corrected chi connectivity index (χ0v) is 17.6. The molecule has 1 aromatic heterocycles. The van der Waals surface area contributed by atoms with Gasteiger partial charge in [0, 0.05) is 11.1 Å². The molecule has 0 radical (unpaired) electrons. The zero-order valence-electron chi connectivity index (χ0n) is 15.9. The normalized spacial score (nSPS) is 20.4. The number of β-lactam (4-membered cyclic amide) rings is 1. The number of oxime groups is 1. The molecule has 0 bridgehead atoms. The lowest BCUT2D eigenvalue weighted by Crippen LogP contribution is -2.70. The van der Waals surface area contributed by atoms with Crippen molar-refractivity contribution in [2.24, 2.45) is 5.16 Å². The number of amides is 2. The second-order valence-corrected chi connectivity index (χ2v) is 8.59. The van der Waals surface area contributed by atoms with E-state index in [1.54, 1.807) is 5.38 Å². The molecule has 2 aromatic rings. The van der Waals surface area contributed by atoms with Crippen LogP contribution in [0.1, 0.15) is 11.3 Å². The Morgan fingerprint density at radius 3 is 2.81 bits per heavy atom. The average molecular weight is 460 g/mol. The van der Waals surface area contributed by atoms with Crippen LogP contribution in [0, 0.1) is 0 Å². The smallest absolute Gasteiger partial charge is 0.352 e. The minimum absolute atomic E-state index is 0.0772. The maximum absolute atomic E-state index is 12.9. The Balaban J connectivity index is 1.49. The summed E-state index contributed by atoms with van der Waals surface area (Å²) in [6.07, 6.45) is 1.47. The molecule has 1 aromatic carbocycles. The molecule has 160 valence electrons. The molecule has 2 atom stereocenters. The van der Waals surface area contributed by atoms with Crippen molar-refractivity contribution in [2.75, 3.05) is 11.5 Å². The van der Waals surface area contributed by atoms with Gasteiger partial charge in [-0.2, -0.15) is 0 Å². The van der Waals surface area contributed by atoms with Crippen LogP contribution in [0.3, 0.4) is 0 Å². The van der Waals surface area contributed by atoms with Crippen LogP contribution in [-0.4, -0.2) is 55.7 Å². The molecule has 3 heterocycles. The van der Waals surface area contributed by atoms with Crippen molar-refractivity contribution < 1.29 is 24.3 Å². The van der Waals surface area contributed by atoms with E-state index < -0.39 is 29.2 Å². The molecule has 31 heavy (non-hydrogen) atoms. The van der Waals surface area contributed by atoms with Crippen LogP contribution < -0.4 is 11.1 Å². The third-order valence-corrected chi connectivity index (χ3v) is 6.42. The molecular weight excluding hydrogens is 442 g/mol. The third kappa shape index (κ3) is 4.25. The number of benzene rings is 1. The summed E-state index contributed by atoms with van der Waals surface area (Å²) >= 11 is 2.50. The topological polar surface area (TPSA) is 147 Å². The molecule has 0 saturated carbocycles. The van der Waals surface area contributed by atoms with E-state index in [4.69, 9.17) is 10.6 Å². The first-order chi connectivity index (χ1) is 15.0. The minimum atomic E-state index is -1.18. The molecule has 2 amide bonds.